The first-order chi connectivity index (χ1) is 20.1. The number of carbonyl (C=O) groups is 2. The smallest absolute Gasteiger partial charge is 0.407 e. The Kier molecular flexibility index (Phi) is 10.4. The average Bonchev–Trinajstić information content (AvgIpc) is 2.97. The molecule has 10 nitrogen and oxygen atoms in total. The van der Waals surface area contributed by atoms with E-state index in [4.69, 9.17) is 9.47 Å². The summed E-state index contributed by atoms with van der Waals surface area (Å²) < 4.78 is 37.3. The van der Waals surface area contributed by atoms with Crippen LogP contribution in [0.5, 0.6) is 11.5 Å². The Balaban J connectivity index is 1.42. The Morgan fingerprint density at radius 1 is 0.976 bits per heavy atom. The highest BCUT2D eigenvalue weighted by Crippen LogP contribution is 2.32. The lowest BCUT2D eigenvalue weighted by Gasteiger charge is -2.24. The van der Waals surface area contributed by atoms with Crippen molar-refractivity contribution < 1.29 is 37.7 Å². The minimum Gasteiger partial charge on any atom is -0.492 e. The summed E-state index contributed by atoms with van der Waals surface area (Å²) in [5, 5.41) is 20.0. The predicted octanol–water partition coefficient (Wildman–Crippen LogP) is 4.85. The van der Waals surface area contributed by atoms with Crippen molar-refractivity contribution in [2.75, 3.05) is 26.0 Å². The second-order valence-corrected chi connectivity index (χ2v) is 12.1. The van der Waals surface area contributed by atoms with Gasteiger partial charge in [-0.3, -0.25) is 4.79 Å². The Bertz CT molecular complexity index is 1460. The molecule has 1 aliphatic carbocycles. The molecule has 0 unspecified atom stereocenters. The third-order valence-electron chi connectivity index (χ3n) is 7.02. The van der Waals surface area contributed by atoms with Gasteiger partial charge in [0.05, 0.1) is 37.1 Å². The van der Waals surface area contributed by atoms with Crippen LogP contribution >= 0.6 is 0 Å². The lowest BCUT2D eigenvalue weighted by Crippen LogP contribution is -2.36. The van der Waals surface area contributed by atoms with Gasteiger partial charge in [0.15, 0.2) is 0 Å². The second-order valence-electron chi connectivity index (χ2n) is 10.3. The minimum absolute atomic E-state index is 0.0475. The van der Waals surface area contributed by atoms with Gasteiger partial charge >= 0.3 is 6.09 Å². The number of rotatable bonds is 12. The normalized spacial score (nSPS) is 14.5. The molecule has 0 aromatic heterocycles. The number of nitrogens with one attached hydrogen (secondary N) is 1. The molecule has 224 valence electrons. The topological polar surface area (TPSA) is 142 Å². The van der Waals surface area contributed by atoms with Crippen LogP contribution in [0.1, 0.15) is 54.1 Å². The van der Waals surface area contributed by atoms with E-state index in [1.54, 1.807) is 54.6 Å². The molecule has 0 bridgehead atoms. The zero-order valence-electron chi connectivity index (χ0n) is 23.4. The van der Waals surface area contributed by atoms with E-state index in [9.17, 15) is 28.2 Å². The summed E-state index contributed by atoms with van der Waals surface area (Å²) in [6, 6.07) is 21.1. The Morgan fingerprint density at radius 3 is 2.29 bits per heavy atom. The van der Waals surface area contributed by atoms with Crippen molar-refractivity contribution in [2.24, 2.45) is 0 Å². The number of hydrogen-bond acceptors (Lipinski definition) is 7. The minimum atomic E-state index is -3.74. The maximum Gasteiger partial charge on any atom is 0.407 e. The molecule has 1 atom stereocenters. The van der Waals surface area contributed by atoms with Crippen LogP contribution in [0.2, 0.25) is 0 Å². The largest absolute Gasteiger partial charge is 0.492 e. The van der Waals surface area contributed by atoms with E-state index < -0.39 is 28.1 Å². The summed E-state index contributed by atoms with van der Waals surface area (Å²) >= 11 is 0. The van der Waals surface area contributed by atoms with Gasteiger partial charge in [0.2, 0.25) is 10.0 Å². The molecule has 3 aromatic carbocycles. The van der Waals surface area contributed by atoms with Crippen LogP contribution in [0.3, 0.4) is 0 Å². The lowest BCUT2D eigenvalue weighted by atomic mass is 9.97. The standard InChI is InChI=1S/C31H36N2O8S/c1-42(38,39)32-30(35)27-17-14-24(20-29(27)41-26-10-6-3-7-11-26)22-12-15-25(16-13-22)40-19-18-33(31(36)37)21-28(34)23-8-4-2-5-9-23/h2,4-5,8-9,12-17,20,26,28,34H,3,6-7,10-11,18-19,21H2,1H3,(H,32,35)(H,36,37)/t28-/m1/s1. The van der Waals surface area contributed by atoms with Crippen LogP contribution in [0.15, 0.2) is 72.8 Å². The Morgan fingerprint density at radius 2 is 1.64 bits per heavy atom. The first-order valence-electron chi connectivity index (χ1n) is 13.9. The Labute approximate surface area is 245 Å². The first-order valence-corrected chi connectivity index (χ1v) is 15.7. The second kappa shape index (κ2) is 14.2. The number of carbonyl (C=O) groups excluding carboxylic acids is 1. The number of aliphatic hydroxyl groups excluding tert-OH is 1. The zero-order chi connectivity index (χ0) is 30.1. The number of benzene rings is 3. The molecule has 3 aromatic rings. The molecule has 1 aliphatic rings. The van der Waals surface area contributed by atoms with Gasteiger partial charge in [-0.05, 0) is 66.6 Å². The molecule has 0 aliphatic heterocycles. The number of hydrogen-bond donors (Lipinski definition) is 3. The van der Waals surface area contributed by atoms with Gasteiger partial charge in [0.1, 0.15) is 18.1 Å². The summed E-state index contributed by atoms with van der Waals surface area (Å²) in [4.78, 5) is 25.5. The molecule has 3 N–H and O–H groups in total. The highest BCUT2D eigenvalue weighted by atomic mass is 32.2. The quantitative estimate of drug-likeness (QED) is 0.269. The molecule has 0 heterocycles. The van der Waals surface area contributed by atoms with Crippen molar-refractivity contribution in [3.63, 3.8) is 0 Å². The lowest BCUT2D eigenvalue weighted by molar-refractivity contribution is 0.0894. The third-order valence-corrected chi connectivity index (χ3v) is 7.57. The van der Waals surface area contributed by atoms with Gasteiger partial charge in [-0.25, -0.2) is 17.9 Å². The average molecular weight is 597 g/mol. The molecule has 0 saturated heterocycles. The van der Waals surface area contributed by atoms with Crippen molar-refractivity contribution in [1.29, 1.82) is 0 Å². The van der Waals surface area contributed by atoms with Crippen molar-refractivity contribution in [1.82, 2.24) is 9.62 Å². The van der Waals surface area contributed by atoms with E-state index in [-0.39, 0.29) is 31.4 Å². The maximum atomic E-state index is 12.7. The molecule has 2 amide bonds. The monoisotopic (exact) mass is 596 g/mol. The number of sulfonamides is 1. The third kappa shape index (κ3) is 8.95. The summed E-state index contributed by atoms with van der Waals surface area (Å²) in [5.74, 6) is 0.119. The molecule has 0 spiro atoms. The zero-order valence-corrected chi connectivity index (χ0v) is 24.3. The number of amides is 2. The van der Waals surface area contributed by atoms with Gasteiger partial charge in [0.25, 0.3) is 5.91 Å². The fourth-order valence-corrected chi connectivity index (χ4v) is 5.29. The van der Waals surface area contributed by atoms with E-state index in [0.717, 1.165) is 54.4 Å². The molecule has 1 fully saturated rings. The van der Waals surface area contributed by atoms with E-state index in [2.05, 4.69) is 0 Å². The van der Waals surface area contributed by atoms with Crippen molar-refractivity contribution in [2.45, 2.75) is 44.3 Å². The highest BCUT2D eigenvalue weighted by molar-refractivity contribution is 7.89. The molecule has 1 saturated carbocycles. The van der Waals surface area contributed by atoms with Crippen molar-refractivity contribution in [3.8, 4) is 22.6 Å². The van der Waals surface area contributed by atoms with E-state index >= 15 is 0 Å². The number of aliphatic hydroxyl groups is 1. The van der Waals surface area contributed by atoms with E-state index in [1.165, 1.54) is 0 Å². The summed E-state index contributed by atoms with van der Waals surface area (Å²) in [5.41, 5.74) is 2.38. The number of carboxylic acid groups (broad SMARTS) is 1. The van der Waals surface area contributed by atoms with Crippen LogP contribution in [0.25, 0.3) is 11.1 Å². The van der Waals surface area contributed by atoms with E-state index in [1.807, 2.05) is 22.9 Å². The van der Waals surface area contributed by atoms with Crippen LogP contribution in [0, 0.1) is 0 Å². The van der Waals surface area contributed by atoms with Crippen LogP contribution in [0.4, 0.5) is 4.79 Å². The first kappa shape index (κ1) is 30.9. The number of ether oxygens (including phenoxy) is 2. The van der Waals surface area contributed by atoms with Gasteiger partial charge < -0.3 is 24.6 Å². The maximum absolute atomic E-state index is 12.7. The molecule has 0 radical (unpaired) electrons. The van der Waals surface area contributed by atoms with Gasteiger partial charge in [-0.2, -0.15) is 0 Å². The van der Waals surface area contributed by atoms with Gasteiger partial charge in [0, 0.05) is 0 Å². The van der Waals surface area contributed by atoms with Crippen LogP contribution < -0.4 is 14.2 Å². The summed E-state index contributed by atoms with van der Waals surface area (Å²) in [6.45, 7) is 0.0850. The number of nitrogens with zero attached hydrogens (tertiary/aromatic N) is 1. The molecular weight excluding hydrogens is 560 g/mol. The molecule has 4 rings (SSSR count). The fraction of sp³-hybridized carbons (Fsp3) is 0.355. The SMILES string of the molecule is CS(=O)(=O)NC(=O)c1ccc(-c2ccc(OCCN(C[C@@H](O)c3ccccc3)C(=O)O)cc2)cc1OC1CCCCC1. The van der Waals surface area contributed by atoms with Crippen LogP contribution in [-0.4, -0.2) is 67.6 Å². The van der Waals surface area contributed by atoms with Gasteiger partial charge in [-0.15, -0.1) is 0 Å². The van der Waals surface area contributed by atoms with Crippen LogP contribution in [-0.2, 0) is 10.0 Å². The molecular formula is C31H36N2O8S. The van der Waals surface area contributed by atoms with Gasteiger partial charge in [-0.1, -0.05) is 55.0 Å². The molecule has 11 heteroatoms. The van der Waals surface area contributed by atoms with Crippen molar-refractivity contribution in [3.05, 3.63) is 83.9 Å². The summed E-state index contributed by atoms with van der Waals surface area (Å²) in [6.07, 6.45) is 3.73. The predicted molar refractivity (Wildman–Crippen MR) is 158 cm³/mol. The fourth-order valence-electron chi connectivity index (χ4n) is 4.84. The molecule has 42 heavy (non-hydrogen) atoms. The highest BCUT2D eigenvalue weighted by Gasteiger charge is 2.22. The van der Waals surface area contributed by atoms with E-state index in [0.29, 0.717) is 17.1 Å². The summed E-state index contributed by atoms with van der Waals surface area (Å²) in [7, 11) is -3.74. The Hall–Kier alpha value is -4.09. The van der Waals surface area contributed by atoms with Crippen molar-refractivity contribution >= 4 is 22.0 Å².